The normalized spacial score (nSPS) is 14.3. The Balaban J connectivity index is 1.47. The highest BCUT2D eigenvalue weighted by Crippen LogP contribution is 2.35. The van der Waals surface area contributed by atoms with E-state index in [9.17, 15) is 24.5 Å². The molecular weight excluding hydrogens is 504 g/mol. The van der Waals surface area contributed by atoms with Crippen molar-refractivity contribution in [2.45, 2.75) is 20.1 Å². The summed E-state index contributed by atoms with van der Waals surface area (Å²) in [5.41, 5.74) is 1.11. The summed E-state index contributed by atoms with van der Waals surface area (Å²) in [6.45, 7) is 2.11. The van der Waals surface area contributed by atoms with Crippen LogP contribution in [0.25, 0.3) is 6.08 Å². The lowest BCUT2D eigenvalue weighted by Crippen LogP contribution is -2.27. The average Bonchev–Trinajstić information content (AvgIpc) is 3.45. The summed E-state index contributed by atoms with van der Waals surface area (Å²) in [6.07, 6.45) is 1.57. The molecular formula is C25H20N2O9S. The molecule has 0 spiro atoms. The summed E-state index contributed by atoms with van der Waals surface area (Å²) < 4.78 is 16.6. The Bertz CT molecular complexity index is 1400. The number of furan rings is 1. The number of carbonyl (C=O) groups is 3. The summed E-state index contributed by atoms with van der Waals surface area (Å²) in [5.74, 6) is -0.737. The van der Waals surface area contributed by atoms with Crippen molar-refractivity contribution in [1.29, 1.82) is 0 Å². The van der Waals surface area contributed by atoms with Crippen molar-refractivity contribution in [2.75, 3.05) is 6.61 Å². The molecule has 2 heterocycles. The number of thioether (sulfide) groups is 1. The minimum Gasteiger partial charge on any atom is -0.490 e. The van der Waals surface area contributed by atoms with Gasteiger partial charge in [-0.3, -0.25) is 24.6 Å². The van der Waals surface area contributed by atoms with E-state index in [0.717, 1.165) is 16.7 Å². The van der Waals surface area contributed by atoms with Crippen LogP contribution in [-0.4, -0.2) is 38.7 Å². The van der Waals surface area contributed by atoms with Crippen LogP contribution in [0.5, 0.6) is 11.5 Å². The second-order valence-corrected chi connectivity index (χ2v) is 8.68. The van der Waals surface area contributed by atoms with Crippen LogP contribution in [0.4, 0.5) is 10.5 Å². The van der Waals surface area contributed by atoms with Gasteiger partial charge in [-0.25, -0.2) is 4.79 Å². The molecule has 1 aliphatic rings. The van der Waals surface area contributed by atoms with Crippen LogP contribution in [-0.2, 0) is 17.9 Å². The first-order valence-electron chi connectivity index (χ1n) is 11.0. The van der Waals surface area contributed by atoms with E-state index in [2.05, 4.69) is 0 Å². The predicted molar refractivity (Wildman–Crippen MR) is 132 cm³/mol. The molecule has 0 atom stereocenters. The van der Waals surface area contributed by atoms with Gasteiger partial charge in [0, 0.05) is 12.1 Å². The summed E-state index contributed by atoms with van der Waals surface area (Å²) in [6, 6.07) is 13.5. The number of imide groups is 1. The highest BCUT2D eigenvalue weighted by molar-refractivity contribution is 8.18. The van der Waals surface area contributed by atoms with Crippen molar-refractivity contribution in [3.8, 4) is 11.5 Å². The molecule has 0 radical (unpaired) electrons. The second-order valence-electron chi connectivity index (χ2n) is 7.69. The number of amides is 2. The van der Waals surface area contributed by atoms with E-state index in [1.807, 2.05) is 0 Å². The zero-order valence-electron chi connectivity index (χ0n) is 19.4. The molecule has 0 saturated carbocycles. The van der Waals surface area contributed by atoms with Crippen LogP contribution >= 0.6 is 11.8 Å². The molecule has 2 aromatic carbocycles. The second kappa shape index (κ2) is 11.0. The molecule has 0 unspecified atom stereocenters. The van der Waals surface area contributed by atoms with Crippen molar-refractivity contribution >= 4 is 40.6 Å². The van der Waals surface area contributed by atoms with E-state index in [0.29, 0.717) is 35.0 Å². The lowest BCUT2D eigenvalue weighted by molar-refractivity contribution is -0.384. The van der Waals surface area contributed by atoms with Gasteiger partial charge < -0.3 is 19.0 Å². The molecule has 190 valence electrons. The lowest BCUT2D eigenvalue weighted by atomic mass is 10.1. The number of ether oxygens (including phenoxy) is 2. The molecule has 0 aliphatic carbocycles. The van der Waals surface area contributed by atoms with Crippen LogP contribution in [0.15, 0.2) is 63.9 Å². The first kappa shape index (κ1) is 25.5. The molecule has 1 N–H and O–H groups in total. The highest BCUT2D eigenvalue weighted by Gasteiger charge is 2.35. The smallest absolute Gasteiger partial charge is 0.371 e. The molecule has 37 heavy (non-hydrogen) atoms. The van der Waals surface area contributed by atoms with E-state index in [1.165, 1.54) is 36.4 Å². The molecule has 1 aromatic heterocycles. The van der Waals surface area contributed by atoms with E-state index < -0.39 is 22.0 Å². The number of nitrogens with zero attached hydrogens (tertiary/aromatic N) is 2. The predicted octanol–water partition coefficient (Wildman–Crippen LogP) is 5.10. The van der Waals surface area contributed by atoms with Gasteiger partial charge in [0.25, 0.3) is 16.8 Å². The minimum atomic E-state index is -1.18. The van der Waals surface area contributed by atoms with Crippen molar-refractivity contribution in [3.05, 3.63) is 92.3 Å². The number of nitro groups is 1. The molecule has 1 fully saturated rings. The quantitative estimate of drug-likeness (QED) is 0.216. The molecule has 1 aliphatic heterocycles. The number of hydrogen-bond acceptors (Lipinski definition) is 9. The number of hydrogen-bond donors (Lipinski definition) is 1. The first-order valence-corrected chi connectivity index (χ1v) is 11.8. The Morgan fingerprint density at radius 3 is 2.51 bits per heavy atom. The van der Waals surface area contributed by atoms with Gasteiger partial charge >= 0.3 is 5.97 Å². The van der Waals surface area contributed by atoms with Crippen molar-refractivity contribution in [1.82, 2.24) is 4.90 Å². The number of carboxylic acid groups (broad SMARTS) is 1. The monoisotopic (exact) mass is 524 g/mol. The summed E-state index contributed by atoms with van der Waals surface area (Å²) in [7, 11) is 0. The fraction of sp³-hybridized carbons (Fsp3) is 0.160. The Morgan fingerprint density at radius 2 is 1.86 bits per heavy atom. The molecule has 3 aromatic rings. The van der Waals surface area contributed by atoms with Gasteiger partial charge in [-0.15, -0.1) is 0 Å². The molecule has 11 nitrogen and oxygen atoms in total. The number of nitro benzene ring substituents is 1. The van der Waals surface area contributed by atoms with Crippen molar-refractivity contribution in [3.63, 3.8) is 0 Å². The zero-order valence-corrected chi connectivity index (χ0v) is 20.2. The van der Waals surface area contributed by atoms with Crippen LogP contribution in [0.3, 0.4) is 0 Å². The van der Waals surface area contributed by atoms with Crippen LogP contribution in [0.1, 0.15) is 34.4 Å². The molecule has 1 saturated heterocycles. The van der Waals surface area contributed by atoms with E-state index in [-0.39, 0.29) is 29.5 Å². The zero-order chi connectivity index (χ0) is 26.5. The average molecular weight is 525 g/mol. The van der Waals surface area contributed by atoms with E-state index >= 15 is 0 Å². The maximum absolute atomic E-state index is 12.9. The van der Waals surface area contributed by atoms with Crippen molar-refractivity contribution < 1.29 is 38.3 Å². The number of non-ortho nitro benzene ring substituents is 1. The number of carboxylic acids is 1. The number of benzene rings is 2. The van der Waals surface area contributed by atoms with Gasteiger partial charge in [0.2, 0.25) is 5.76 Å². The first-order chi connectivity index (χ1) is 17.7. The minimum absolute atomic E-state index is 0.00660. The Labute approximate surface area is 214 Å². The SMILES string of the molecule is CCOc1cc(C=C2SC(=O)N(Cc3ccc([N+](=O)[O-])cc3)C2=O)ccc1OCc1ccc(C(=O)O)o1. The van der Waals surface area contributed by atoms with Crippen LogP contribution in [0.2, 0.25) is 0 Å². The van der Waals surface area contributed by atoms with Gasteiger partial charge in [0.15, 0.2) is 11.5 Å². The standard InChI is InChI=1S/C25H20N2O9S/c1-2-34-21-11-16(5-9-19(21)35-14-18-8-10-20(36-18)24(29)30)12-22-23(28)26(25(31)37-22)13-15-3-6-17(7-4-15)27(32)33/h3-12H,2,13-14H2,1H3,(H,29,30). The van der Waals surface area contributed by atoms with Gasteiger partial charge in [-0.2, -0.15) is 0 Å². The molecule has 12 heteroatoms. The van der Waals surface area contributed by atoms with Crippen LogP contribution < -0.4 is 9.47 Å². The van der Waals surface area contributed by atoms with Gasteiger partial charge in [-0.1, -0.05) is 18.2 Å². The third kappa shape index (κ3) is 5.98. The fourth-order valence-electron chi connectivity index (χ4n) is 3.41. The molecule has 0 bridgehead atoms. The van der Waals surface area contributed by atoms with Crippen molar-refractivity contribution in [2.24, 2.45) is 0 Å². The number of rotatable bonds is 10. The van der Waals surface area contributed by atoms with Gasteiger partial charge in [-0.05, 0) is 60.2 Å². The summed E-state index contributed by atoms with van der Waals surface area (Å²) >= 11 is 0.797. The Kier molecular flexibility index (Phi) is 7.58. The fourth-order valence-corrected chi connectivity index (χ4v) is 4.25. The number of aromatic carboxylic acids is 1. The van der Waals surface area contributed by atoms with Gasteiger partial charge in [0.05, 0.1) is 23.0 Å². The molecule has 2 amide bonds. The number of carbonyl (C=O) groups excluding carboxylic acids is 2. The summed E-state index contributed by atoms with van der Waals surface area (Å²) in [4.78, 5) is 47.9. The Hall–Kier alpha value is -4.58. The third-order valence-electron chi connectivity index (χ3n) is 5.17. The van der Waals surface area contributed by atoms with Gasteiger partial charge in [0.1, 0.15) is 12.4 Å². The van der Waals surface area contributed by atoms with Crippen LogP contribution in [0, 0.1) is 10.1 Å². The highest BCUT2D eigenvalue weighted by atomic mass is 32.2. The maximum Gasteiger partial charge on any atom is 0.371 e. The maximum atomic E-state index is 12.9. The van der Waals surface area contributed by atoms with E-state index in [4.69, 9.17) is 19.0 Å². The topological polar surface area (TPSA) is 149 Å². The van der Waals surface area contributed by atoms with E-state index in [1.54, 1.807) is 31.2 Å². The Morgan fingerprint density at radius 1 is 1.11 bits per heavy atom. The largest absolute Gasteiger partial charge is 0.490 e. The molecule has 4 rings (SSSR count). The lowest BCUT2D eigenvalue weighted by Gasteiger charge is -2.13. The summed E-state index contributed by atoms with van der Waals surface area (Å²) in [5, 5.41) is 19.3. The third-order valence-corrected chi connectivity index (χ3v) is 6.08.